The Morgan fingerprint density at radius 1 is 0.875 bits per heavy atom. The molecule has 162 valence electrons. The zero-order valence-electron chi connectivity index (χ0n) is 16.7. The minimum absolute atomic E-state index is 0.144. The van der Waals surface area contributed by atoms with Gasteiger partial charge in [-0.2, -0.15) is 0 Å². The fourth-order valence-corrected chi connectivity index (χ4v) is 3.72. The van der Waals surface area contributed by atoms with Gasteiger partial charge in [0.25, 0.3) is 11.8 Å². The highest BCUT2D eigenvalue weighted by Crippen LogP contribution is 2.30. The normalized spacial score (nSPS) is 12.6. The van der Waals surface area contributed by atoms with Gasteiger partial charge in [0.2, 0.25) is 0 Å². The molecule has 1 heterocycles. The number of rotatable bonds is 7. The second-order valence-electron chi connectivity index (χ2n) is 6.99. The highest BCUT2D eigenvalue weighted by atomic mass is 35.5. The second kappa shape index (κ2) is 9.42. The lowest BCUT2D eigenvalue weighted by atomic mass is 10.1. The first-order valence-electron chi connectivity index (χ1n) is 9.80. The summed E-state index contributed by atoms with van der Waals surface area (Å²) in [6.07, 6.45) is 0.580. The number of hydrogen-bond acceptors (Lipinski definition) is 5. The molecule has 0 aromatic heterocycles. The van der Waals surface area contributed by atoms with Crippen molar-refractivity contribution in [2.75, 3.05) is 11.5 Å². The summed E-state index contributed by atoms with van der Waals surface area (Å²) in [5.74, 6) is -0.373. The van der Waals surface area contributed by atoms with Crippen LogP contribution in [0.5, 0.6) is 11.5 Å². The van der Waals surface area contributed by atoms with E-state index in [4.69, 9.17) is 32.7 Å². The third-order valence-electron chi connectivity index (χ3n) is 4.80. The molecule has 0 N–H and O–H groups in total. The Bertz CT molecular complexity index is 1160. The molecule has 0 unspecified atom stereocenters. The maximum absolute atomic E-state index is 12.6. The Morgan fingerprint density at radius 2 is 1.53 bits per heavy atom. The smallest absolute Gasteiger partial charge is 0.311 e. The van der Waals surface area contributed by atoms with Gasteiger partial charge in [-0.3, -0.25) is 14.4 Å². The van der Waals surface area contributed by atoms with Crippen LogP contribution in [0.4, 0.5) is 5.69 Å². The predicted octanol–water partition coefficient (Wildman–Crippen LogP) is 5.56. The van der Waals surface area contributed by atoms with E-state index in [1.807, 2.05) is 0 Å². The van der Waals surface area contributed by atoms with E-state index in [1.54, 1.807) is 66.7 Å². The second-order valence-corrected chi connectivity index (χ2v) is 7.83. The predicted molar refractivity (Wildman–Crippen MR) is 121 cm³/mol. The number of imide groups is 1. The minimum atomic E-state index is -0.427. The van der Waals surface area contributed by atoms with Crippen LogP contribution in [0, 0.1) is 0 Å². The molecule has 0 radical (unpaired) electrons. The van der Waals surface area contributed by atoms with Crippen molar-refractivity contribution in [3.63, 3.8) is 0 Å². The molecule has 1 aliphatic rings. The molecule has 6 nitrogen and oxygen atoms in total. The summed E-state index contributed by atoms with van der Waals surface area (Å²) in [5, 5.41) is 0.915. The number of fused-ring (bicyclic) bond motifs is 1. The Kier molecular flexibility index (Phi) is 6.44. The van der Waals surface area contributed by atoms with Gasteiger partial charge in [-0.1, -0.05) is 35.3 Å². The fourth-order valence-electron chi connectivity index (χ4n) is 3.26. The van der Waals surface area contributed by atoms with E-state index >= 15 is 0 Å². The van der Waals surface area contributed by atoms with Crippen LogP contribution in [-0.4, -0.2) is 24.4 Å². The van der Waals surface area contributed by atoms with Gasteiger partial charge in [-0.15, -0.1) is 0 Å². The molecule has 3 aromatic carbocycles. The van der Waals surface area contributed by atoms with Crippen molar-refractivity contribution in [2.24, 2.45) is 0 Å². The van der Waals surface area contributed by atoms with Gasteiger partial charge in [0.05, 0.1) is 28.4 Å². The first-order valence-corrected chi connectivity index (χ1v) is 10.6. The first kappa shape index (κ1) is 21.9. The van der Waals surface area contributed by atoms with E-state index in [1.165, 1.54) is 0 Å². The van der Waals surface area contributed by atoms with Gasteiger partial charge in [0.15, 0.2) is 0 Å². The Morgan fingerprint density at radius 3 is 2.16 bits per heavy atom. The van der Waals surface area contributed by atoms with E-state index < -0.39 is 5.97 Å². The van der Waals surface area contributed by atoms with Crippen LogP contribution in [0.2, 0.25) is 10.0 Å². The average Bonchev–Trinajstić information content (AvgIpc) is 3.03. The number of amides is 2. The number of esters is 1. The Labute approximate surface area is 194 Å². The number of carbonyl (C=O) groups is 3. The lowest BCUT2D eigenvalue weighted by molar-refractivity contribution is -0.134. The third-order valence-corrected chi connectivity index (χ3v) is 5.33. The van der Waals surface area contributed by atoms with Crippen molar-refractivity contribution in [3.05, 3.63) is 87.9 Å². The van der Waals surface area contributed by atoms with E-state index in [2.05, 4.69) is 0 Å². The SMILES string of the molecule is O=C(CCCOc1ccc(Cl)cc1Cl)Oc1ccc(N2C(=O)c3ccccc3C2=O)cc1. The molecule has 8 heteroatoms. The van der Waals surface area contributed by atoms with Crippen LogP contribution >= 0.6 is 23.2 Å². The summed E-state index contributed by atoms with van der Waals surface area (Å²) in [6.45, 7) is 0.287. The number of halogens is 2. The van der Waals surface area contributed by atoms with Crippen LogP contribution in [0.1, 0.15) is 33.6 Å². The molecule has 4 rings (SSSR count). The number of ether oxygens (including phenoxy) is 2. The lowest BCUT2D eigenvalue weighted by Crippen LogP contribution is -2.29. The van der Waals surface area contributed by atoms with Gasteiger partial charge in [0, 0.05) is 11.4 Å². The minimum Gasteiger partial charge on any atom is -0.492 e. The maximum atomic E-state index is 12.6. The molecule has 0 spiro atoms. The van der Waals surface area contributed by atoms with Gasteiger partial charge in [-0.05, 0) is 61.0 Å². The molecule has 1 aliphatic heterocycles. The number of hydrogen-bond donors (Lipinski definition) is 0. The molecule has 0 atom stereocenters. The van der Waals surface area contributed by atoms with E-state index in [0.717, 1.165) is 4.90 Å². The van der Waals surface area contributed by atoms with Gasteiger partial charge in [0.1, 0.15) is 11.5 Å². The largest absolute Gasteiger partial charge is 0.492 e. The lowest BCUT2D eigenvalue weighted by Gasteiger charge is -2.14. The summed E-state index contributed by atoms with van der Waals surface area (Å²) in [7, 11) is 0. The van der Waals surface area contributed by atoms with E-state index in [0.29, 0.717) is 44.8 Å². The fraction of sp³-hybridized carbons (Fsp3) is 0.125. The molecule has 0 aliphatic carbocycles. The highest BCUT2D eigenvalue weighted by Gasteiger charge is 2.36. The summed E-state index contributed by atoms with van der Waals surface area (Å²) in [6, 6.07) is 17.8. The molecule has 0 saturated heterocycles. The molecule has 0 bridgehead atoms. The highest BCUT2D eigenvalue weighted by molar-refractivity contribution is 6.35. The van der Waals surface area contributed by atoms with Crippen molar-refractivity contribution in [1.82, 2.24) is 0 Å². The van der Waals surface area contributed by atoms with Crippen LogP contribution in [0.25, 0.3) is 0 Å². The molecule has 2 amide bonds. The van der Waals surface area contributed by atoms with Crippen molar-refractivity contribution >= 4 is 46.7 Å². The zero-order valence-corrected chi connectivity index (χ0v) is 18.2. The maximum Gasteiger partial charge on any atom is 0.311 e. The summed E-state index contributed by atoms with van der Waals surface area (Å²) in [4.78, 5) is 38.3. The zero-order chi connectivity index (χ0) is 22.7. The quantitative estimate of drug-likeness (QED) is 0.196. The average molecular weight is 470 g/mol. The molecular formula is C24H17Cl2NO5. The first-order chi connectivity index (χ1) is 15.4. The third kappa shape index (κ3) is 4.61. The number of nitrogens with zero attached hydrogens (tertiary/aromatic N) is 1. The number of carbonyl (C=O) groups excluding carboxylic acids is 3. The van der Waals surface area contributed by atoms with Crippen molar-refractivity contribution in [3.8, 4) is 11.5 Å². The Hall–Kier alpha value is -3.35. The van der Waals surface area contributed by atoms with Gasteiger partial charge in [-0.25, -0.2) is 4.90 Å². The van der Waals surface area contributed by atoms with Gasteiger partial charge < -0.3 is 9.47 Å². The van der Waals surface area contributed by atoms with Crippen molar-refractivity contribution < 1.29 is 23.9 Å². The van der Waals surface area contributed by atoms with Crippen LogP contribution in [-0.2, 0) is 4.79 Å². The topological polar surface area (TPSA) is 72.9 Å². The summed E-state index contributed by atoms with van der Waals surface area (Å²) in [5.41, 5.74) is 1.15. The van der Waals surface area contributed by atoms with E-state index in [9.17, 15) is 14.4 Å². The van der Waals surface area contributed by atoms with Crippen molar-refractivity contribution in [2.45, 2.75) is 12.8 Å². The number of benzene rings is 3. The standard InChI is InChI=1S/C24H17Cl2NO5/c25-15-7-12-21(20(26)14-15)31-13-3-6-22(28)32-17-10-8-16(9-11-17)27-23(29)18-4-1-2-5-19(18)24(27)30/h1-2,4-5,7-12,14H,3,6,13H2. The van der Waals surface area contributed by atoms with Crippen LogP contribution in [0.3, 0.4) is 0 Å². The molecule has 0 fully saturated rings. The molecule has 32 heavy (non-hydrogen) atoms. The monoisotopic (exact) mass is 469 g/mol. The Balaban J connectivity index is 1.29. The molecule has 0 saturated carbocycles. The summed E-state index contributed by atoms with van der Waals surface area (Å²) < 4.78 is 10.9. The molecular weight excluding hydrogens is 453 g/mol. The number of anilines is 1. The van der Waals surface area contributed by atoms with Crippen LogP contribution < -0.4 is 14.4 Å². The van der Waals surface area contributed by atoms with Crippen molar-refractivity contribution in [1.29, 1.82) is 0 Å². The van der Waals surface area contributed by atoms with Crippen LogP contribution in [0.15, 0.2) is 66.7 Å². The van der Waals surface area contributed by atoms with Gasteiger partial charge >= 0.3 is 5.97 Å². The summed E-state index contributed by atoms with van der Waals surface area (Å²) >= 11 is 11.9. The van der Waals surface area contributed by atoms with E-state index in [-0.39, 0.29) is 24.8 Å². The molecule has 3 aromatic rings.